The van der Waals surface area contributed by atoms with E-state index in [0.717, 1.165) is 36.9 Å². The minimum atomic E-state index is -0.181. The monoisotopic (exact) mass is 323 g/mol. The number of hydrogen-bond donors (Lipinski definition) is 2. The Bertz CT molecular complexity index is 710. The Kier molecular flexibility index (Phi) is 5.21. The summed E-state index contributed by atoms with van der Waals surface area (Å²) in [5.74, 6) is 0.0154. The Balaban J connectivity index is 1.63. The van der Waals surface area contributed by atoms with Gasteiger partial charge in [-0.05, 0) is 36.6 Å². The van der Waals surface area contributed by atoms with Crippen LogP contribution in [0.5, 0.6) is 0 Å². The predicted octanol–water partition coefficient (Wildman–Crippen LogP) is 3.14. The molecule has 1 aliphatic rings. The highest BCUT2D eigenvalue weighted by atomic mass is 16.2. The third kappa shape index (κ3) is 3.98. The van der Waals surface area contributed by atoms with Gasteiger partial charge in [0.15, 0.2) is 0 Å². The minimum absolute atomic E-state index is 0.0820. The van der Waals surface area contributed by atoms with Crippen LogP contribution in [0.2, 0.25) is 0 Å². The van der Waals surface area contributed by atoms with Crippen LogP contribution in [0.4, 0.5) is 5.69 Å². The fourth-order valence-corrected chi connectivity index (χ4v) is 2.99. The molecule has 1 aromatic carbocycles. The van der Waals surface area contributed by atoms with E-state index >= 15 is 0 Å². The van der Waals surface area contributed by atoms with Gasteiger partial charge in [0.1, 0.15) is 0 Å². The van der Waals surface area contributed by atoms with E-state index in [0.29, 0.717) is 12.1 Å². The topological polar surface area (TPSA) is 71.1 Å². The van der Waals surface area contributed by atoms with Crippen LogP contribution in [0.15, 0.2) is 48.8 Å². The van der Waals surface area contributed by atoms with Crippen LogP contribution in [0.1, 0.15) is 41.6 Å². The number of carbonyl (C=O) groups is 2. The number of carbonyl (C=O) groups excluding carboxylic acids is 2. The highest BCUT2D eigenvalue weighted by Crippen LogP contribution is 2.26. The molecule has 0 atom stereocenters. The zero-order valence-electron chi connectivity index (χ0n) is 13.5. The summed E-state index contributed by atoms with van der Waals surface area (Å²) in [6, 6.07) is 11.0. The largest absolute Gasteiger partial charge is 0.348 e. The number of aromatic nitrogens is 1. The van der Waals surface area contributed by atoms with Crippen molar-refractivity contribution in [3.63, 3.8) is 0 Å². The van der Waals surface area contributed by atoms with Crippen LogP contribution < -0.4 is 10.6 Å². The molecule has 0 bridgehead atoms. The molecule has 1 aliphatic carbocycles. The van der Waals surface area contributed by atoms with Gasteiger partial charge >= 0.3 is 0 Å². The fourth-order valence-electron chi connectivity index (χ4n) is 2.99. The summed E-state index contributed by atoms with van der Waals surface area (Å²) < 4.78 is 0. The first-order valence-corrected chi connectivity index (χ1v) is 8.31. The molecule has 0 saturated heterocycles. The minimum Gasteiger partial charge on any atom is -0.348 e. The lowest BCUT2D eigenvalue weighted by Crippen LogP contribution is -2.25. The van der Waals surface area contributed by atoms with Crippen LogP contribution in [0, 0.1) is 5.92 Å². The van der Waals surface area contributed by atoms with Gasteiger partial charge in [-0.1, -0.05) is 31.0 Å². The van der Waals surface area contributed by atoms with E-state index < -0.39 is 0 Å². The molecule has 1 saturated carbocycles. The quantitative estimate of drug-likeness (QED) is 0.888. The van der Waals surface area contributed by atoms with Crippen molar-refractivity contribution in [2.75, 3.05) is 5.32 Å². The maximum absolute atomic E-state index is 12.3. The Labute approximate surface area is 141 Å². The van der Waals surface area contributed by atoms with Crippen molar-refractivity contribution < 1.29 is 9.59 Å². The maximum Gasteiger partial charge on any atom is 0.253 e. The molecule has 2 amide bonds. The van der Waals surface area contributed by atoms with Gasteiger partial charge in [-0.15, -0.1) is 0 Å². The summed E-state index contributed by atoms with van der Waals surface area (Å²) in [6.07, 6.45) is 7.34. The normalized spacial score (nSPS) is 14.3. The van der Waals surface area contributed by atoms with Crippen molar-refractivity contribution in [2.45, 2.75) is 32.2 Å². The van der Waals surface area contributed by atoms with Crippen LogP contribution in [-0.4, -0.2) is 16.8 Å². The summed E-state index contributed by atoms with van der Waals surface area (Å²) in [5.41, 5.74) is 2.17. The molecule has 1 heterocycles. The molecule has 124 valence electrons. The van der Waals surface area contributed by atoms with Crippen molar-refractivity contribution in [3.8, 4) is 0 Å². The van der Waals surface area contributed by atoms with Gasteiger partial charge in [0.2, 0.25) is 5.91 Å². The summed E-state index contributed by atoms with van der Waals surface area (Å²) in [7, 11) is 0. The van der Waals surface area contributed by atoms with E-state index in [9.17, 15) is 9.59 Å². The number of rotatable bonds is 5. The zero-order valence-corrected chi connectivity index (χ0v) is 13.5. The van der Waals surface area contributed by atoms with Gasteiger partial charge in [-0.3, -0.25) is 14.6 Å². The molecule has 3 rings (SSSR count). The highest BCUT2D eigenvalue weighted by molar-refractivity contribution is 5.95. The zero-order chi connectivity index (χ0) is 16.8. The number of anilines is 1. The van der Waals surface area contributed by atoms with Crippen molar-refractivity contribution in [3.05, 3.63) is 59.9 Å². The number of para-hydroxylation sites is 1. The molecule has 24 heavy (non-hydrogen) atoms. The molecule has 2 aromatic rings. The summed E-state index contributed by atoms with van der Waals surface area (Å²) in [4.78, 5) is 28.4. The van der Waals surface area contributed by atoms with Crippen LogP contribution in [-0.2, 0) is 11.3 Å². The van der Waals surface area contributed by atoms with Crippen LogP contribution in [0.3, 0.4) is 0 Å². The molecule has 1 aromatic heterocycles. The average molecular weight is 323 g/mol. The maximum atomic E-state index is 12.3. The number of pyridine rings is 1. The molecule has 0 unspecified atom stereocenters. The summed E-state index contributed by atoms with van der Waals surface area (Å²) in [5, 5.41) is 5.88. The molecule has 1 fully saturated rings. The molecular formula is C19H21N3O2. The highest BCUT2D eigenvalue weighted by Gasteiger charge is 2.23. The Morgan fingerprint density at radius 3 is 2.62 bits per heavy atom. The predicted molar refractivity (Wildman–Crippen MR) is 92.4 cm³/mol. The standard InChI is InChI=1S/C19H21N3O2/c23-18(16-9-5-11-20-12-16)21-13-15-8-3-4-10-17(15)22-19(24)14-6-1-2-7-14/h3-5,8-12,14H,1-2,6-7,13H2,(H,21,23)(H,22,24). The molecule has 5 heteroatoms. The second kappa shape index (κ2) is 7.73. The van der Waals surface area contributed by atoms with E-state index in [-0.39, 0.29) is 17.7 Å². The van der Waals surface area contributed by atoms with E-state index in [1.54, 1.807) is 18.3 Å². The van der Waals surface area contributed by atoms with Crippen LogP contribution in [0.25, 0.3) is 0 Å². The fraction of sp³-hybridized carbons (Fsp3) is 0.316. The van der Waals surface area contributed by atoms with Gasteiger partial charge in [-0.2, -0.15) is 0 Å². The van der Waals surface area contributed by atoms with Gasteiger partial charge in [0, 0.05) is 30.5 Å². The third-order valence-corrected chi connectivity index (χ3v) is 4.36. The number of nitrogens with zero attached hydrogens (tertiary/aromatic N) is 1. The number of nitrogens with one attached hydrogen (secondary N) is 2. The summed E-state index contributed by atoms with van der Waals surface area (Å²) in [6.45, 7) is 0.356. The lowest BCUT2D eigenvalue weighted by atomic mass is 10.1. The molecule has 0 spiro atoms. The second-order valence-electron chi connectivity index (χ2n) is 6.05. The summed E-state index contributed by atoms with van der Waals surface area (Å²) >= 11 is 0. The van der Waals surface area contributed by atoms with Gasteiger partial charge in [0.25, 0.3) is 5.91 Å². The molecule has 2 N–H and O–H groups in total. The van der Waals surface area contributed by atoms with Crippen molar-refractivity contribution in [2.24, 2.45) is 5.92 Å². The van der Waals surface area contributed by atoms with E-state index in [2.05, 4.69) is 15.6 Å². The van der Waals surface area contributed by atoms with E-state index in [1.807, 2.05) is 24.3 Å². The Morgan fingerprint density at radius 1 is 1.08 bits per heavy atom. The van der Waals surface area contributed by atoms with E-state index in [1.165, 1.54) is 6.20 Å². The van der Waals surface area contributed by atoms with Gasteiger partial charge < -0.3 is 10.6 Å². The molecule has 5 nitrogen and oxygen atoms in total. The lowest BCUT2D eigenvalue weighted by Gasteiger charge is -2.14. The molecule has 0 radical (unpaired) electrons. The smallest absolute Gasteiger partial charge is 0.253 e. The first kappa shape index (κ1) is 16.2. The number of amides is 2. The number of hydrogen-bond acceptors (Lipinski definition) is 3. The lowest BCUT2D eigenvalue weighted by molar-refractivity contribution is -0.119. The van der Waals surface area contributed by atoms with Crippen molar-refractivity contribution >= 4 is 17.5 Å². The first-order valence-electron chi connectivity index (χ1n) is 8.31. The van der Waals surface area contributed by atoms with Gasteiger partial charge in [-0.25, -0.2) is 0 Å². The third-order valence-electron chi connectivity index (χ3n) is 4.36. The molecular weight excluding hydrogens is 302 g/mol. The Hall–Kier alpha value is -2.69. The number of benzene rings is 1. The van der Waals surface area contributed by atoms with Crippen molar-refractivity contribution in [1.82, 2.24) is 10.3 Å². The first-order chi connectivity index (χ1) is 11.7. The van der Waals surface area contributed by atoms with Crippen LogP contribution >= 0.6 is 0 Å². The average Bonchev–Trinajstić information content (AvgIpc) is 3.16. The molecule has 0 aliphatic heterocycles. The van der Waals surface area contributed by atoms with E-state index in [4.69, 9.17) is 0 Å². The van der Waals surface area contributed by atoms with Gasteiger partial charge in [0.05, 0.1) is 5.56 Å². The van der Waals surface area contributed by atoms with Crippen molar-refractivity contribution in [1.29, 1.82) is 0 Å². The SMILES string of the molecule is O=C(NCc1ccccc1NC(=O)C1CCCC1)c1cccnc1. The Morgan fingerprint density at radius 2 is 1.88 bits per heavy atom. The second-order valence-corrected chi connectivity index (χ2v) is 6.05.